The summed E-state index contributed by atoms with van der Waals surface area (Å²) in [4.78, 5) is 8.68. The molecule has 1 heterocycles. The largest absolute Gasteiger partial charge is 0.435 e. The maximum absolute atomic E-state index is 12.1. The first-order valence-electron chi connectivity index (χ1n) is 7.55. The number of unbranched alkanes of at least 4 members (excludes halogenated alkanes) is 3. The molecule has 0 radical (unpaired) electrons. The predicted molar refractivity (Wildman–Crippen MR) is 81.9 cm³/mol. The molecule has 0 aliphatic rings. The van der Waals surface area contributed by atoms with Crippen LogP contribution in [0.1, 0.15) is 38.2 Å². The van der Waals surface area contributed by atoms with Gasteiger partial charge in [0.05, 0.1) is 0 Å². The van der Waals surface area contributed by atoms with Crippen molar-refractivity contribution in [1.29, 1.82) is 0 Å². The lowest BCUT2D eigenvalue weighted by molar-refractivity contribution is -0.0498. The van der Waals surface area contributed by atoms with Crippen molar-refractivity contribution in [3.05, 3.63) is 42.2 Å². The molecule has 0 amide bonds. The van der Waals surface area contributed by atoms with Gasteiger partial charge in [0.15, 0.2) is 5.82 Å². The maximum Gasteiger partial charge on any atom is 0.387 e. The molecule has 0 N–H and O–H groups in total. The fourth-order valence-electron chi connectivity index (χ4n) is 2.17. The number of halogens is 2. The normalized spacial score (nSPS) is 10.9. The monoisotopic (exact) mass is 306 g/mol. The summed E-state index contributed by atoms with van der Waals surface area (Å²) in [6.45, 7) is -0.621. The van der Waals surface area contributed by atoms with Crippen molar-refractivity contribution in [1.82, 2.24) is 9.97 Å². The predicted octanol–water partition coefficient (Wildman–Crippen LogP) is 4.87. The van der Waals surface area contributed by atoms with E-state index in [1.54, 1.807) is 12.1 Å². The van der Waals surface area contributed by atoms with E-state index in [1.807, 2.05) is 12.4 Å². The molecule has 118 valence electrons. The third-order valence-electron chi connectivity index (χ3n) is 3.36. The van der Waals surface area contributed by atoms with Gasteiger partial charge in [-0.1, -0.05) is 26.2 Å². The van der Waals surface area contributed by atoms with E-state index in [9.17, 15) is 8.78 Å². The van der Waals surface area contributed by atoms with Crippen molar-refractivity contribution in [3.63, 3.8) is 0 Å². The van der Waals surface area contributed by atoms with E-state index in [0.717, 1.165) is 24.0 Å². The van der Waals surface area contributed by atoms with Crippen LogP contribution in [0.15, 0.2) is 36.7 Å². The van der Waals surface area contributed by atoms with Crippen LogP contribution in [0.25, 0.3) is 11.4 Å². The van der Waals surface area contributed by atoms with Crippen molar-refractivity contribution >= 4 is 0 Å². The number of aromatic nitrogens is 2. The summed E-state index contributed by atoms with van der Waals surface area (Å²) in [5, 5.41) is 0. The summed E-state index contributed by atoms with van der Waals surface area (Å²) in [5.74, 6) is 0.715. The molecular weight excluding hydrogens is 286 g/mol. The van der Waals surface area contributed by atoms with Crippen molar-refractivity contribution in [2.24, 2.45) is 0 Å². The Balaban J connectivity index is 1.95. The standard InChI is InChI=1S/C17H20F2N2O/c1-2-3-4-5-6-13-11-20-16(21-12-13)14-7-9-15(10-8-14)22-17(18)19/h7-12,17H,2-6H2,1H3. The molecule has 2 aromatic rings. The fourth-order valence-corrected chi connectivity index (χ4v) is 2.17. The van der Waals surface area contributed by atoms with Crippen LogP contribution in [-0.2, 0) is 6.42 Å². The quantitative estimate of drug-likeness (QED) is 0.653. The molecule has 3 nitrogen and oxygen atoms in total. The van der Waals surface area contributed by atoms with Gasteiger partial charge in [-0.2, -0.15) is 8.78 Å². The van der Waals surface area contributed by atoms with Crippen LogP contribution >= 0.6 is 0 Å². The van der Waals surface area contributed by atoms with Gasteiger partial charge < -0.3 is 4.74 Å². The van der Waals surface area contributed by atoms with E-state index in [4.69, 9.17) is 0 Å². The lowest BCUT2D eigenvalue weighted by atomic mass is 10.1. The zero-order chi connectivity index (χ0) is 15.8. The van der Waals surface area contributed by atoms with Crippen LogP contribution in [0.3, 0.4) is 0 Å². The molecule has 0 saturated carbocycles. The van der Waals surface area contributed by atoms with Gasteiger partial charge in [0.1, 0.15) is 5.75 Å². The number of hydrogen-bond acceptors (Lipinski definition) is 3. The van der Waals surface area contributed by atoms with Gasteiger partial charge in [-0.15, -0.1) is 0 Å². The molecule has 0 atom stereocenters. The zero-order valence-corrected chi connectivity index (χ0v) is 12.6. The lowest BCUT2D eigenvalue weighted by Crippen LogP contribution is -2.01. The number of ether oxygens (including phenoxy) is 1. The highest BCUT2D eigenvalue weighted by molar-refractivity contribution is 5.55. The van der Waals surface area contributed by atoms with Gasteiger partial charge in [0.25, 0.3) is 0 Å². The summed E-state index contributed by atoms with van der Waals surface area (Å²) in [6.07, 6.45) is 9.50. The molecule has 0 bridgehead atoms. The first kappa shape index (κ1) is 16.3. The second-order valence-corrected chi connectivity index (χ2v) is 5.13. The highest BCUT2D eigenvalue weighted by Gasteiger charge is 2.06. The molecule has 0 fully saturated rings. The number of alkyl halides is 2. The first-order valence-corrected chi connectivity index (χ1v) is 7.55. The molecule has 1 aromatic carbocycles. The van der Waals surface area contributed by atoms with E-state index in [0.29, 0.717) is 5.82 Å². The van der Waals surface area contributed by atoms with Gasteiger partial charge >= 0.3 is 6.61 Å². The molecule has 22 heavy (non-hydrogen) atoms. The van der Waals surface area contributed by atoms with Crippen molar-refractivity contribution < 1.29 is 13.5 Å². The van der Waals surface area contributed by atoms with E-state index in [-0.39, 0.29) is 5.75 Å². The van der Waals surface area contributed by atoms with Gasteiger partial charge in [-0.3, -0.25) is 0 Å². The Kier molecular flexibility index (Phi) is 6.25. The third-order valence-corrected chi connectivity index (χ3v) is 3.36. The van der Waals surface area contributed by atoms with Crippen molar-refractivity contribution in [2.45, 2.75) is 45.6 Å². The summed E-state index contributed by atoms with van der Waals surface area (Å²) in [5.41, 5.74) is 1.90. The third kappa shape index (κ3) is 5.06. The van der Waals surface area contributed by atoms with E-state index >= 15 is 0 Å². The number of benzene rings is 1. The highest BCUT2D eigenvalue weighted by atomic mass is 19.3. The summed E-state index contributed by atoms with van der Waals surface area (Å²) in [6, 6.07) is 6.33. The smallest absolute Gasteiger partial charge is 0.387 e. The first-order chi connectivity index (χ1) is 10.7. The van der Waals surface area contributed by atoms with Crippen molar-refractivity contribution in [3.8, 4) is 17.1 Å². The molecule has 0 unspecified atom stereocenters. The molecule has 5 heteroatoms. The Morgan fingerprint density at radius 1 is 1.00 bits per heavy atom. The van der Waals surface area contributed by atoms with Crippen LogP contribution in [0.4, 0.5) is 8.78 Å². The molecule has 0 aliphatic carbocycles. The zero-order valence-electron chi connectivity index (χ0n) is 12.6. The average molecular weight is 306 g/mol. The molecular formula is C17H20F2N2O. The van der Waals surface area contributed by atoms with Crippen molar-refractivity contribution in [2.75, 3.05) is 0 Å². The number of nitrogens with zero attached hydrogens (tertiary/aromatic N) is 2. The second-order valence-electron chi connectivity index (χ2n) is 5.13. The van der Waals surface area contributed by atoms with Crippen LogP contribution in [0, 0.1) is 0 Å². The maximum atomic E-state index is 12.1. The Morgan fingerprint density at radius 2 is 1.68 bits per heavy atom. The van der Waals surface area contributed by atoms with Crippen LogP contribution < -0.4 is 4.74 Å². The summed E-state index contributed by atoms with van der Waals surface area (Å²) >= 11 is 0. The molecule has 0 aliphatic heterocycles. The molecule has 1 aromatic heterocycles. The van der Waals surface area contributed by atoms with E-state index in [1.165, 1.54) is 31.4 Å². The topological polar surface area (TPSA) is 35.0 Å². The van der Waals surface area contributed by atoms with Gasteiger partial charge in [-0.05, 0) is 42.7 Å². The SMILES string of the molecule is CCCCCCc1cnc(-c2ccc(OC(F)F)cc2)nc1. The molecule has 2 rings (SSSR count). The lowest BCUT2D eigenvalue weighted by Gasteiger charge is -2.06. The number of rotatable bonds is 8. The van der Waals surface area contributed by atoms with Crippen LogP contribution in [-0.4, -0.2) is 16.6 Å². The Bertz CT molecular complexity index is 556. The Labute approximate surface area is 129 Å². The van der Waals surface area contributed by atoms with Gasteiger partial charge in [0, 0.05) is 18.0 Å². The van der Waals surface area contributed by atoms with Crippen LogP contribution in [0.2, 0.25) is 0 Å². The average Bonchev–Trinajstić information content (AvgIpc) is 2.52. The number of hydrogen-bond donors (Lipinski definition) is 0. The minimum absolute atomic E-state index is 0.131. The van der Waals surface area contributed by atoms with Crippen LogP contribution in [0.5, 0.6) is 5.75 Å². The highest BCUT2D eigenvalue weighted by Crippen LogP contribution is 2.20. The fraction of sp³-hybridized carbons (Fsp3) is 0.412. The van der Waals surface area contributed by atoms with Gasteiger partial charge in [-0.25, -0.2) is 9.97 Å². The minimum Gasteiger partial charge on any atom is -0.435 e. The summed E-state index contributed by atoms with van der Waals surface area (Å²) in [7, 11) is 0. The molecule has 0 spiro atoms. The van der Waals surface area contributed by atoms with E-state index in [2.05, 4.69) is 21.6 Å². The van der Waals surface area contributed by atoms with Gasteiger partial charge in [0.2, 0.25) is 0 Å². The Morgan fingerprint density at radius 3 is 2.27 bits per heavy atom. The van der Waals surface area contributed by atoms with E-state index < -0.39 is 6.61 Å². The Hall–Kier alpha value is -2.04. The molecule has 0 saturated heterocycles. The summed E-state index contributed by atoms with van der Waals surface area (Å²) < 4.78 is 28.5. The minimum atomic E-state index is -2.81. The number of aryl methyl sites for hydroxylation is 1. The second kappa shape index (κ2) is 8.41.